The van der Waals surface area contributed by atoms with Crippen molar-refractivity contribution in [1.82, 2.24) is 15.2 Å². The van der Waals surface area contributed by atoms with Gasteiger partial charge in [0.25, 0.3) is 0 Å². The zero-order chi connectivity index (χ0) is 16.9. The first-order chi connectivity index (χ1) is 11.6. The van der Waals surface area contributed by atoms with Crippen LogP contribution in [0.5, 0.6) is 0 Å². The minimum atomic E-state index is -0.000493. The second-order valence-corrected chi connectivity index (χ2v) is 6.21. The van der Waals surface area contributed by atoms with Gasteiger partial charge in [-0.05, 0) is 42.7 Å². The molecule has 1 aromatic carbocycles. The van der Waals surface area contributed by atoms with Crippen LogP contribution in [0.1, 0.15) is 16.7 Å². The zero-order valence-corrected chi connectivity index (χ0v) is 14.3. The smallest absolute Gasteiger partial charge is 0.317 e. The molecule has 3 rings (SSSR count). The number of benzene rings is 1. The molecular formula is C19H24N4O. The van der Waals surface area contributed by atoms with E-state index in [0.717, 1.165) is 31.7 Å². The Bertz CT molecular complexity index is 694. The van der Waals surface area contributed by atoms with E-state index in [1.165, 1.54) is 16.8 Å². The molecule has 24 heavy (non-hydrogen) atoms. The van der Waals surface area contributed by atoms with Crippen LogP contribution in [0, 0.1) is 13.8 Å². The fourth-order valence-electron chi connectivity index (χ4n) is 3.02. The van der Waals surface area contributed by atoms with Crippen LogP contribution < -0.4 is 10.2 Å². The number of pyridine rings is 1. The van der Waals surface area contributed by atoms with E-state index in [0.29, 0.717) is 6.54 Å². The number of hydrogen-bond donors (Lipinski definition) is 1. The highest BCUT2D eigenvalue weighted by atomic mass is 16.2. The van der Waals surface area contributed by atoms with Crippen molar-refractivity contribution in [3.05, 3.63) is 59.4 Å². The van der Waals surface area contributed by atoms with E-state index >= 15 is 0 Å². The van der Waals surface area contributed by atoms with Gasteiger partial charge in [-0.25, -0.2) is 4.79 Å². The molecule has 0 bridgehead atoms. The fourth-order valence-corrected chi connectivity index (χ4v) is 3.02. The van der Waals surface area contributed by atoms with Gasteiger partial charge < -0.3 is 15.1 Å². The van der Waals surface area contributed by atoms with Crippen LogP contribution in [-0.4, -0.2) is 42.1 Å². The molecule has 1 aromatic heterocycles. The maximum Gasteiger partial charge on any atom is 0.317 e. The molecule has 2 heterocycles. The molecule has 1 aliphatic heterocycles. The third-order valence-electron chi connectivity index (χ3n) is 4.65. The Morgan fingerprint density at radius 3 is 2.62 bits per heavy atom. The molecule has 0 radical (unpaired) electrons. The molecule has 126 valence electrons. The third kappa shape index (κ3) is 3.67. The molecule has 2 aromatic rings. The van der Waals surface area contributed by atoms with E-state index in [-0.39, 0.29) is 6.03 Å². The quantitative estimate of drug-likeness (QED) is 0.944. The third-order valence-corrected chi connectivity index (χ3v) is 4.65. The lowest BCUT2D eigenvalue weighted by Crippen LogP contribution is -2.51. The number of carbonyl (C=O) groups is 1. The van der Waals surface area contributed by atoms with Gasteiger partial charge in [-0.1, -0.05) is 18.2 Å². The molecule has 0 spiro atoms. The van der Waals surface area contributed by atoms with Crippen LogP contribution in [0.25, 0.3) is 0 Å². The summed E-state index contributed by atoms with van der Waals surface area (Å²) < 4.78 is 0. The maximum atomic E-state index is 12.3. The second kappa shape index (κ2) is 7.34. The van der Waals surface area contributed by atoms with E-state index in [4.69, 9.17) is 0 Å². The molecule has 5 heteroatoms. The largest absolute Gasteiger partial charge is 0.368 e. The van der Waals surface area contributed by atoms with Crippen LogP contribution in [-0.2, 0) is 6.54 Å². The predicted molar refractivity (Wildman–Crippen MR) is 96.2 cm³/mol. The molecular weight excluding hydrogens is 300 g/mol. The number of carbonyl (C=O) groups excluding carboxylic acids is 1. The Labute approximate surface area is 143 Å². The molecule has 0 aliphatic carbocycles. The molecule has 0 saturated carbocycles. The van der Waals surface area contributed by atoms with Gasteiger partial charge in [-0.15, -0.1) is 0 Å². The fraction of sp³-hybridized carbons (Fsp3) is 0.368. The van der Waals surface area contributed by atoms with Crippen LogP contribution in [0.3, 0.4) is 0 Å². The zero-order valence-electron chi connectivity index (χ0n) is 14.3. The summed E-state index contributed by atoms with van der Waals surface area (Å²) in [5, 5.41) is 2.97. The van der Waals surface area contributed by atoms with Gasteiger partial charge in [0.2, 0.25) is 0 Å². The summed E-state index contributed by atoms with van der Waals surface area (Å²) in [5.41, 5.74) is 4.93. The van der Waals surface area contributed by atoms with E-state index in [2.05, 4.69) is 47.2 Å². The van der Waals surface area contributed by atoms with E-state index in [1.807, 2.05) is 17.0 Å². The molecule has 2 amide bonds. The summed E-state index contributed by atoms with van der Waals surface area (Å²) in [6.45, 7) is 8.04. The Hall–Kier alpha value is -2.56. The Morgan fingerprint density at radius 1 is 1.12 bits per heavy atom. The first-order valence-corrected chi connectivity index (χ1v) is 8.38. The van der Waals surface area contributed by atoms with Gasteiger partial charge in [0.15, 0.2) is 0 Å². The predicted octanol–water partition coefficient (Wildman–Crippen LogP) is 2.73. The van der Waals surface area contributed by atoms with E-state index in [1.54, 1.807) is 12.4 Å². The van der Waals surface area contributed by atoms with E-state index < -0.39 is 0 Å². The average molecular weight is 324 g/mol. The maximum absolute atomic E-state index is 12.3. The van der Waals surface area contributed by atoms with Gasteiger partial charge in [-0.3, -0.25) is 4.98 Å². The number of rotatable bonds is 3. The van der Waals surface area contributed by atoms with Crippen LogP contribution in [0.15, 0.2) is 42.7 Å². The van der Waals surface area contributed by atoms with Gasteiger partial charge in [-0.2, -0.15) is 0 Å². The summed E-state index contributed by atoms with van der Waals surface area (Å²) >= 11 is 0. The Kier molecular flexibility index (Phi) is 4.99. The number of hydrogen-bond acceptors (Lipinski definition) is 3. The van der Waals surface area contributed by atoms with Crippen LogP contribution in [0.2, 0.25) is 0 Å². The number of anilines is 1. The number of nitrogens with one attached hydrogen (secondary N) is 1. The standard InChI is InChI=1S/C19H24N4O/c1-15-5-3-7-18(16(15)2)22-9-11-23(12-10-22)19(24)21-14-17-6-4-8-20-13-17/h3-8,13H,9-12,14H2,1-2H3,(H,21,24). The number of aromatic nitrogens is 1. The van der Waals surface area contributed by atoms with Gasteiger partial charge in [0, 0.05) is 50.8 Å². The van der Waals surface area contributed by atoms with E-state index in [9.17, 15) is 4.79 Å². The summed E-state index contributed by atoms with van der Waals surface area (Å²) in [7, 11) is 0. The highest BCUT2D eigenvalue weighted by Crippen LogP contribution is 2.23. The van der Waals surface area contributed by atoms with Crippen molar-refractivity contribution in [3.63, 3.8) is 0 Å². The number of nitrogens with zero attached hydrogens (tertiary/aromatic N) is 3. The van der Waals surface area contributed by atoms with Gasteiger partial charge in [0.1, 0.15) is 0 Å². The Balaban J connectivity index is 1.53. The lowest BCUT2D eigenvalue weighted by atomic mass is 10.1. The monoisotopic (exact) mass is 324 g/mol. The minimum absolute atomic E-state index is 0.000493. The van der Waals surface area contributed by atoms with Gasteiger partial charge in [0.05, 0.1) is 0 Å². The molecule has 0 unspecified atom stereocenters. The summed E-state index contributed by atoms with van der Waals surface area (Å²) in [6, 6.07) is 10.3. The normalized spacial score (nSPS) is 14.6. The first kappa shape index (κ1) is 16.3. The number of amides is 2. The molecule has 1 fully saturated rings. The molecule has 0 atom stereocenters. The molecule has 1 aliphatic rings. The van der Waals surface area contributed by atoms with Crippen molar-refractivity contribution in [2.45, 2.75) is 20.4 Å². The van der Waals surface area contributed by atoms with Crippen LogP contribution >= 0.6 is 0 Å². The van der Waals surface area contributed by atoms with Crippen molar-refractivity contribution >= 4 is 11.7 Å². The summed E-state index contributed by atoms with van der Waals surface area (Å²) in [4.78, 5) is 20.6. The summed E-state index contributed by atoms with van der Waals surface area (Å²) in [6.07, 6.45) is 3.51. The average Bonchev–Trinajstić information content (AvgIpc) is 2.63. The number of aryl methyl sites for hydroxylation is 1. The topological polar surface area (TPSA) is 48.5 Å². The minimum Gasteiger partial charge on any atom is -0.368 e. The molecule has 1 N–H and O–H groups in total. The second-order valence-electron chi connectivity index (χ2n) is 6.21. The van der Waals surface area contributed by atoms with Crippen LogP contribution in [0.4, 0.5) is 10.5 Å². The van der Waals surface area contributed by atoms with Crippen molar-refractivity contribution in [2.24, 2.45) is 0 Å². The SMILES string of the molecule is Cc1cccc(N2CCN(C(=O)NCc3cccnc3)CC2)c1C. The van der Waals surface area contributed by atoms with Crippen molar-refractivity contribution in [3.8, 4) is 0 Å². The van der Waals surface area contributed by atoms with Crippen molar-refractivity contribution < 1.29 is 4.79 Å². The molecule has 5 nitrogen and oxygen atoms in total. The lowest BCUT2D eigenvalue weighted by Gasteiger charge is -2.37. The lowest BCUT2D eigenvalue weighted by molar-refractivity contribution is 0.194. The number of urea groups is 1. The molecule has 1 saturated heterocycles. The van der Waals surface area contributed by atoms with Crippen molar-refractivity contribution in [2.75, 3.05) is 31.1 Å². The highest BCUT2D eigenvalue weighted by Gasteiger charge is 2.22. The summed E-state index contributed by atoms with van der Waals surface area (Å²) in [5.74, 6) is 0. The van der Waals surface area contributed by atoms with Crippen molar-refractivity contribution in [1.29, 1.82) is 0 Å². The highest BCUT2D eigenvalue weighted by molar-refractivity contribution is 5.74. The first-order valence-electron chi connectivity index (χ1n) is 8.38. The Morgan fingerprint density at radius 2 is 1.92 bits per heavy atom. The van der Waals surface area contributed by atoms with Gasteiger partial charge >= 0.3 is 6.03 Å². The number of piperazine rings is 1.